The molecule has 0 heterocycles. The summed E-state index contributed by atoms with van der Waals surface area (Å²) in [7, 11) is 0. The van der Waals surface area contributed by atoms with Crippen LogP contribution in [0.5, 0.6) is 11.5 Å². The quantitative estimate of drug-likeness (QED) is 0.335. The third-order valence-corrected chi connectivity index (χ3v) is 4.62. The lowest BCUT2D eigenvalue weighted by atomic mass is 10.1. The van der Waals surface area contributed by atoms with Gasteiger partial charge in [-0.05, 0) is 79.2 Å². The van der Waals surface area contributed by atoms with Crippen molar-refractivity contribution in [3.63, 3.8) is 0 Å². The fourth-order valence-electron chi connectivity index (χ4n) is 3.08. The molecule has 28 heavy (non-hydrogen) atoms. The van der Waals surface area contributed by atoms with Crippen molar-refractivity contribution in [1.82, 2.24) is 0 Å². The van der Waals surface area contributed by atoms with E-state index in [2.05, 4.69) is 11.8 Å². The minimum Gasteiger partial charge on any atom is -0.508 e. The molecule has 4 nitrogen and oxygen atoms in total. The maximum atomic E-state index is 9.64. The lowest BCUT2D eigenvalue weighted by Gasteiger charge is -2.25. The molecule has 146 valence electrons. The summed E-state index contributed by atoms with van der Waals surface area (Å²) >= 11 is 0. The zero-order valence-electron chi connectivity index (χ0n) is 16.3. The first-order valence-electron chi connectivity index (χ1n) is 9.85. The van der Waals surface area contributed by atoms with Gasteiger partial charge in [-0.2, -0.15) is 0 Å². The Balaban J connectivity index is 1.80. The smallest absolute Gasteiger partial charge is 0.119 e. The Morgan fingerprint density at radius 1 is 0.750 bits per heavy atom. The lowest BCUT2D eigenvalue weighted by Crippen LogP contribution is -2.10. The molecule has 3 aromatic carbocycles. The third kappa shape index (κ3) is 5.19. The first-order valence-corrected chi connectivity index (χ1v) is 9.85. The second-order valence-electron chi connectivity index (χ2n) is 6.85. The van der Waals surface area contributed by atoms with E-state index in [-0.39, 0.29) is 5.75 Å². The number of phenolic OH excluding ortho intramolecular Hbond substituents is 1. The predicted molar refractivity (Wildman–Crippen MR) is 117 cm³/mol. The zero-order valence-corrected chi connectivity index (χ0v) is 16.3. The molecule has 0 bridgehead atoms. The maximum Gasteiger partial charge on any atom is 0.119 e. The Morgan fingerprint density at radius 3 is 1.86 bits per heavy atom. The molecule has 3 N–H and O–H groups in total. The van der Waals surface area contributed by atoms with Gasteiger partial charge in [0.1, 0.15) is 11.5 Å². The van der Waals surface area contributed by atoms with Crippen molar-refractivity contribution in [1.29, 1.82) is 0 Å². The molecule has 0 spiro atoms. The van der Waals surface area contributed by atoms with Crippen molar-refractivity contribution in [2.45, 2.75) is 32.6 Å². The fourth-order valence-corrected chi connectivity index (χ4v) is 3.08. The first kappa shape index (κ1) is 19.6. The summed E-state index contributed by atoms with van der Waals surface area (Å²) in [5, 5.41) is 9.64. The molecule has 0 saturated carbocycles. The molecule has 0 saturated heterocycles. The van der Waals surface area contributed by atoms with E-state index >= 15 is 0 Å². The van der Waals surface area contributed by atoms with Gasteiger partial charge in [0, 0.05) is 22.7 Å². The van der Waals surface area contributed by atoms with Crippen LogP contribution in [0.3, 0.4) is 0 Å². The summed E-state index contributed by atoms with van der Waals surface area (Å²) in [6.45, 7) is 2.96. The summed E-state index contributed by atoms with van der Waals surface area (Å²) in [4.78, 5) is 2.11. The number of ether oxygens (including phenoxy) is 1. The van der Waals surface area contributed by atoms with Crippen LogP contribution < -0.4 is 15.4 Å². The molecular formula is C24H28N2O2. The van der Waals surface area contributed by atoms with Gasteiger partial charge in [-0.25, -0.2) is 0 Å². The fraction of sp³-hybridized carbons (Fsp3) is 0.250. The molecule has 0 fully saturated rings. The number of rotatable bonds is 9. The van der Waals surface area contributed by atoms with Gasteiger partial charge < -0.3 is 20.5 Å². The van der Waals surface area contributed by atoms with Crippen molar-refractivity contribution in [3.05, 3.63) is 72.8 Å². The Bertz CT molecular complexity index is 798. The number of hydrogen-bond donors (Lipinski definition) is 2. The highest BCUT2D eigenvalue weighted by Crippen LogP contribution is 2.36. The average Bonchev–Trinajstić information content (AvgIpc) is 2.72. The number of unbranched alkanes of at least 4 members (excludes halogenated alkanes) is 3. The van der Waals surface area contributed by atoms with E-state index in [0.29, 0.717) is 0 Å². The van der Waals surface area contributed by atoms with E-state index in [4.69, 9.17) is 10.5 Å². The molecule has 4 heteroatoms. The average molecular weight is 377 g/mol. The van der Waals surface area contributed by atoms with Gasteiger partial charge in [0.2, 0.25) is 0 Å². The van der Waals surface area contributed by atoms with E-state index in [1.54, 1.807) is 12.1 Å². The van der Waals surface area contributed by atoms with E-state index in [1.165, 1.54) is 19.3 Å². The lowest BCUT2D eigenvalue weighted by molar-refractivity contribution is 0.305. The summed E-state index contributed by atoms with van der Waals surface area (Å²) in [5.41, 5.74) is 9.53. The molecule has 0 aliphatic heterocycles. The Hall–Kier alpha value is -3.14. The number of nitrogen functional groups attached to an aromatic ring is 1. The van der Waals surface area contributed by atoms with Gasteiger partial charge in [0.25, 0.3) is 0 Å². The highest BCUT2D eigenvalue weighted by molar-refractivity contribution is 5.77. The normalized spacial score (nSPS) is 10.6. The molecule has 0 aliphatic carbocycles. The van der Waals surface area contributed by atoms with E-state index in [1.807, 2.05) is 60.7 Å². The van der Waals surface area contributed by atoms with Crippen LogP contribution in [0.15, 0.2) is 72.8 Å². The number of nitrogens with two attached hydrogens (primary N) is 1. The van der Waals surface area contributed by atoms with Crippen molar-refractivity contribution < 1.29 is 9.84 Å². The van der Waals surface area contributed by atoms with E-state index in [0.717, 1.165) is 41.5 Å². The Kier molecular flexibility index (Phi) is 6.79. The van der Waals surface area contributed by atoms with Crippen LogP contribution in [0.2, 0.25) is 0 Å². The predicted octanol–water partition coefficient (Wildman–Crippen LogP) is 6.40. The molecule has 0 amide bonds. The number of nitrogens with zero attached hydrogens (tertiary/aromatic N) is 1. The van der Waals surface area contributed by atoms with Crippen molar-refractivity contribution in [3.8, 4) is 11.5 Å². The molecule has 0 radical (unpaired) electrons. The summed E-state index contributed by atoms with van der Waals surface area (Å²) in [6, 6.07) is 23.0. The van der Waals surface area contributed by atoms with Crippen LogP contribution >= 0.6 is 0 Å². The van der Waals surface area contributed by atoms with E-state index < -0.39 is 0 Å². The molecule has 0 aromatic heterocycles. The molecule has 0 atom stereocenters. The van der Waals surface area contributed by atoms with Crippen LogP contribution in [0.4, 0.5) is 22.7 Å². The first-order chi connectivity index (χ1) is 13.7. The summed E-state index contributed by atoms with van der Waals surface area (Å²) < 4.78 is 5.86. The highest BCUT2D eigenvalue weighted by Gasteiger charge is 2.12. The molecule has 3 aromatic rings. The van der Waals surface area contributed by atoms with Crippen molar-refractivity contribution in [2.75, 3.05) is 17.2 Å². The standard InChI is InChI=1S/C24H28N2O2/c1-2-3-4-5-18-28-24-16-12-22(13-17-24)26(20-8-6-19(25)7-9-20)21-10-14-23(27)15-11-21/h6-17,27H,2-5,18,25H2,1H3. The van der Waals surface area contributed by atoms with Gasteiger partial charge >= 0.3 is 0 Å². The van der Waals surface area contributed by atoms with Crippen molar-refractivity contribution in [2.24, 2.45) is 0 Å². The number of hydrogen-bond acceptors (Lipinski definition) is 4. The monoisotopic (exact) mass is 376 g/mol. The van der Waals surface area contributed by atoms with Crippen LogP contribution in [-0.4, -0.2) is 11.7 Å². The Morgan fingerprint density at radius 2 is 1.29 bits per heavy atom. The maximum absolute atomic E-state index is 9.64. The second kappa shape index (κ2) is 9.70. The molecule has 0 aliphatic rings. The topological polar surface area (TPSA) is 58.7 Å². The zero-order chi connectivity index (χ0) is 19.8. The van der Waals surface area contributed by atoms with Crippen molar-refractivity contribution >= 4 is 22.7 Å². The SMILES string of the molecule is CCCCCCOc1ccc(N(c2ccc(N)cc2)c2ccc(O)cc2)cc1. The van der Waals surface area contributed by atoms with E-state index in [9.17, 15) is 5.11 Å². The highest BCUT2D eigenvalue weighted by atomic mass is 16.5. The third-order valence-electron chi connectivity index (χ3n) is 4.62. The minimum absolute atomic E-state index is 0.243. The molecule has 0 unspecified atom stereocenters. The molecular weight excluding hydrogens is 348 g/mol. The number of benzene rings is 3. The van der Waals surface area contributed by atoms with Crippen LogP contribution in [0.25, 0.3) is 0 Å². The minimum atomic E-state index is 0.243. The second-order valence-corrected chi connectivity index (χ2v) is 6.85. The number of anilines is 4. The summed E-state index contributed by atoms with van der Waals surface area (Å²) in [6.07, 6.45) is 4.78. The van der Waals surface area contributed by atoms with Crippen LogP contribution in [0, 0.1) is 0 Å². The largest absolute Gasteiger partial charge is 0.508 e. The van der Waals surface area contributed by atoms with Gasteiger partial charge in [-0.1, -0.05) is 26.2 Å². The van der Waals surface area contributed by atoms with Crippen LogP contribution in [-0.2, 0) is 0 Å². The van der Waals surface area contributed by atoms with Gasteiger partial charge in [-0.15, -0.1) is 0 Å². The number of phenols is 1. The van der Waals surface area contributed by atoms with Gasteiger partial charge in [-0.3, -0.25) is 0 Å². The summed E-state index contributed by atoms with van der Waals surface area (Å²) in [5.74, 6) is 1.12. The van der Waals surface area contributed by atoms with Crippen LogP contribution in [0.1, 0.15) is 32.6 Å². The van der Waals surface area contributed by atoms with Gasteiger partial charge in [0.05, 0.1) is 6.61 Å². The molecule has 3 rings (SSSR count). The number of aromatic hydroxyl groups is 1. The Labute approximate surface area is 167 Å². The van der Waals surface area contributed by atoms with Gasteiger partial charge in [0.15, 0.2) is 0 Å².